The number of hydrogen-bond acceptors (Lipinski definition) is 2. The van der Waals surface area contributed by atoms with E-state index < -0.39 is 5.69 Å². The Hall–Kier alpha value is -1.03. The van der Waals surface area contributed by atoms with Crippen LogP contribution in [-0.2, 0) is 6.54 Å². The van der Waals surface area contributed by atoms with Crippen LogP contribution in [0.1, 0.15) is 70.8 Å². The number of aromatic nitrogens is 2. The second-order valence-electron chi connectivity index (χ2n) is 5.54. The second kappa shape index (κ2) is 8.30. The van der Waals surface area contributed by atoms with Gasteiger partial charge < -0.3 is 0 Å². The molecule has 0 amide bonds. The average Bonchev–Trinajstić information content (AvgIpc) is 2.35. The third-order valence-electron chi connectivity index (χ3n) is 3.49. The normalized spacial score (nSPS) is 11.2. The quantitative estimate of drug-likeness (QED) is 0.588. The molecule has 20 heavy (non-hydrogen) atoms. The number of nitrogens with zero attached hydrogens (tertiary/aromatic N) is 1. The van der Waals surface area contributed by atoms with E-state index in [0.717, 1.165) is 19.3 Å². The Morgan fingerprint density at radius 3 is 2.30 bits per heavy atom. The van der Waals surface area contributed by atoms with Gasteiger partial charge in [0.05, 0.1) is 5.56 Å². The minimum absolute atomic E-state index is 0.00246. The van der Waals surface area contributed by atoms with E-state index in [1.807, 2.05) is 13.8 Å². The third-order valence-corrected chi connectivity index (χ3v) is 3.78. The van der Waals surface area contributed by atoms with Gasteiger partial charge in [0.1, 0.15) is 5.15 Å². The summed E-state index contributed by atoms with van der Waals surface area (Å²) in [6, 6.07) is 0. The summed E-state index contributed by atoms with van der Waals surface area (Å²) in [6.45, 7) is 6.45. The van der Waals surface area contributed by atoms with Gasteiger partial charge in [-0.1, -0.05) is 64.5 Å². The first-order valence-electron chi connectivity index (χ1n) is 7.51. The Morgan fingerprint density at radius 2 is 1.70 bits per heavy atom. The standard InChI is InChI=1S/C15H25ClN2O2/c1-4-5-6-7-8-9-10-18-14(19)12(11(2)3)13(16)17-15(18)20/h11H,4-10H2,1-3H3,(H,17,20). The van der Waals surface area contributed by atoms with Crippen molar-refractivity contribution in [1.29, 1.82) is 0 Å². The SMILES string of the molecule is CCCCCCCCn1c(=O)[nH]c(Cl)c(C(C)C)c1=O. The summed E-state index contributed by atoms with van der Waals surface area (Å²) in [4.78, 5) is 26.7. The summed E-state index contributed by atoms with van der Waals surface area (Å²) in [7, 11) is 0. The van der Waals surface area contributed by atoms with Gasteiger partial charge in [0.2, 0.25) is 0 Å². The van der Waals surface area contributed by atoms with E-state index in [-0.39, 0.29) is 16.6 Å². The number of aromatic amines is 1. The molecule has 0 fully saturated rings. The maximum Gasteiger partial charge on any atom is 0.329 e. The minimum atomic E-state index is -0.405. The first-order valence-corrected chi connectivity index (χ1v) is 7.89. The van der Waals surface area contributed by atoms with E-state index in [1.54, 1.807) is 0 Å². The number of unbranched alkanes of at least 4 members (excludes halogenated alkanes) is 5. The molecule has 1 aromatic rings. The van der Waals surface area contributed by atoms with E-state index in [2.05, 4.69) is 11.9 Å². The zero-order valence-electron chi connectivity index (χ0n) is 12.7. The predicted molar refractivity (Wildman–Crippen MR) is 83.8 cm³/mol. The topological polar surface area (TPSA) is 54.9 Å². The summed E-state index contributed by atoms with van der Waals surface area (Å²) >= 11 is 5.95. The smallest absolute Gasteiger partial charge is 0.297 e. The van der Waals surface area contributed by atoms with Crippen LogP contribution in [0.2, 0.25) is 5.15 Å². The highest BCUT2D eigenvalue weighted by molar-refractivity contribution is 6.30. The Bertz CT molecular complexity index is 532. The van der Waals surface area contributed by atoms with E-state index in [4.69, 9.17) is 11.6 Å². The molecule has 4 nitrogen and oxygen atoms in total. The molecule has 0 saturated heterocycles. The number of hydrogen-bond donors (Lipinski definition) is 1. The Balaban J connectivity index is 2.73. The lowest BCUT2D eigenvalue weighted by atomic mass is 10.1. The molecule has 5 heteroatoms. The van der Waals surface area contributed by atoms with Crippen LogP contribution in [0.3, 0.4) is 0 Å². The lowest BCUT2D eigenvalue weighted by molar-refractivity contribution is 0.530. The van der Waals surface area contributed by atoms with Gasteiger partial charge in [-0.05, 0) is 12.3 Å². The van der Waals surface area contributed by atoms with Crippen LogP contribution >= 0.6 is 11.6 Å². The van der Waals surface area contributed by atoms with Crippen LogP contribution in [0.15, 0.2) is 9.59 Å². The average molecular weight is 301 g/mol. The number of halogens is 1. The van der Waals surface area contributed by atoms with Gasteiger partial charge >= 0.3 is 5.69 Å². The summed E-state index contributed by atoms with van der Waals surface area (Å²) in [6.07, 6.45) is 6.75. The molecule has 1 heterocycles. The predicted octanol–water partition coefficient (Wildman–Crippen LogP) is 3.67. The molecule has 0 aromatic carbocycles. The zero-order valence-corrected chi connectivity index (χ0v) is 13.4. The van der Waals surface area contributed by atoms with Gasteiger partial charge in [0.25, 0.3) is 5.56 Å². The first-order chi connectivity index (χ1) is 9.49. The Labute approximate surface area is 125 Å². The van der Waals surface area contributed by atoms with Crippen molar-refractivity contribution in [2.45, 2.75) is 71.8 Å². The fraction of sp³-hybridized carbons (Fsp3) is 0.733. The molecule has 0 aliphatic carbocycles. The number of nitrogens with one attached hydrogen (secondary N) is 1. The van der Waals surface area contributed by atoms with E-state index in [9.17, 15) is 9.59 Å². The van der Waals surface area contributed by atoms with E-state index >= 15 is 0 Å². The van der Waals surface area contributed by atoms with E-state index in [1.165, 1.54) is 23.8 Å². The maximum absolute atomic E-state index is 12.3. The highest BCUT2D eigenvalue weighted by atomic mass is 35.5. The van der Waals surface area contributed by atoms with Crippen molar-refractivity contribution in [2.75, 3.05) is 0 Å². The number of rotatable bonds is 8. The molecule has 1 aromatic heterocycles. The molecular weight excluding hydrogens is 276 g/mol. The molecule has 0 unspecified atom stereocenters. The van der Waals surface area contributed by atoms with Gasteiger partial charge in [0, 0.05) is 6.54 Å². The zero-order chi connectivity index (χ0) is 15.1. The van der Waals surface area contributed by atoms with Gasteiger partial charge in [-0.3, -0.25) is 14.3 Å². The highest BCUT2D eigenvalue weighted by Gasteiger charge is 2.15. The van der Waals surface area contributed by atoms with Crippen molar-refractivity contribution in [3.8, 4) is 0 Å². The van der Waals surface area contributed by atoms with Gasteiger partial charge in [0.15, 0.2) is 0 Å². The van der Waals surface area contributed by atoms with Crippen molar-refractivity contribution in [3.05, 3.63) is 31.6 Å². The first kappa shape index (κ1) is 17.0. The van der Waals surface area contributed by atoms with Crippen LogP contribution in [0.25, 0.3) is 0 Å². The fourth-order valence-corrected chi connectivity index (χ4v) is 2.69. The summed E-state index contributed by atoms with van der Waals surface area (Å²) in [5, 5.41) is 0.175. The molecule has 1 N–H and O–H groups in total. The Morgan fingerprint density at radius 1 is 1.10 bits per heavy atom. The maximum atomic E-state index is 12.3. The second-order valence-corrected chi connectivity index (χ2v) is 5.92. The van der Waals surface area contributed by atoms with Crippen LogP contribution in [0, 0.1) is 0 Å². The fourth-order valence-electron chi connectivity index (χ4n) is 2.31. The van der Waals surface area contributed by atoms with Crippen molar-refractivity contribution in [2.24, 2.45) is 0 Å². The van der Waals surface area contributed by atoms with Gasteiger partial charge in [-0.2, -0.15) is 0 Å². The molecule has 0 bridgehead atoms. The van der Waals surface area contributed by atoms with Gasteiger partial charge in [-0.25, -0.2) is 4.79 Å². The van der Waals surface area contributed by atoms with E-state index in [0.29, 0.717) is 12.1 Å². The van der Waals surface area contributed by atoms with Crippen LogP contribution in [0.5, 0.6) is 0 Å². The largest absolute Gasteiger partial charge is 0.329 e. The van der Waals surface area contributed by atoms with Gasteiger partial charge in [-0.15, -0.1) is 0 Å². The molecule has 1 rings (SSSR count). The van der Waals surface area contributed by atoms with Crippen LogP contribution < -0.4 is 11.2 Å². The molecule has 0 aliphatic rings. The molecule has 114 valence electrons. The lowest BCUT2D eigenvalue weighted by Crippen LogP contribution is -2.37. The Kier molecular flexibility index (Phi) is 7.06. The van der Waals surface area contributed by atoms with Crippen molar-refractivity contribution in [3.63, 3.8) is 0 Å². The minimum Gasteiger partial charge on any atom is -0.297 e. The van der Waals surface area contributed by atoms with Crippen molar-refractivity contribution in [1.82, 2.24) is 9.55 Å². The molecule has 0 aliphatic heterocycles. The summed E-state index contributed by atoms with van der Waals surface area (Å²) in [5.41, 5.74) is -0.155. The van der Waals surface area contributed by atoms with Crippen molar-refractivity contribution < 1.29 is 0 Å². The summed E-state index contributed by atoms with van der Waals surface area (Å²) in [5.74, 6) is 0.00246. The number of H-pyrrole nitrogens is 1. The molecular formula is C15H25ClN2O2. The molecule has 0 saturated carbocycles. The molecule has 0 atom stereocenters. The lowest BCUT2D eigenvalue weighted by Gasteiger charge is -2.11. The summed E-state index contributed by atoms with van der Waals surface area (Å²) < 4.78 is 1.28. The third kappa shape index (κ3) is 4.51. The monoisotopic (exact) mass is 300 g/mol. The van der Waals surface area contributed by atoms with Crippen LogP contribution in [-0.4, -0.2) is 9.55 Å². The highest BCUT2D eigenvalue weighted by Crippen LogP contribution is 2.16. The van der Waals surface area contributed by atoms with Crippen molar-refractivity contribution >= 4 is 11.6 Å². The molecule has 0 spiro atoms. The van der Waals surface area contributed by atoms with Crippen LogP contribution in [0.4, 0.5) is 0 Å². The molecule has 0 radical (unpaired) electrons.